The van der Waals surface area contributed by atoms with E-state index in [1.54, 1.807) is 4.90 Å². The first-order valence-corrected chi connectivity index (χ1v) is 8.33. The maximum atomic E-state index is 12.5. The van der Waals surface area contributed by atoms with Crippen LogP contribution in [0.25, 0.3) is 0 Å². The molecule has 1 fully saturated rings. The van der Waals surface area contributed by atoms with E-state index < -0.39 is 5.54 Å². The van der Waals surface area contributed by atoms with Gasteiger partial charge in [0.1, 0.15) is 0 Å². The third kappa shape index (κ3) is 3.11. The number of anilines is 1. The maximum Gasteiger partial charge on any atom is 0.227 e. The van der Waals surface area contributed by atoms with Crippen molar-refractivity contribution in [2.45, 2.75) is 44.6 Å². The molecule has 0 aromatic heterocycles. The van der Waals surface area contributed by atoms with Crippen LogP contribution < -0.4 is 5.32 Å². The molecule has 2 N–H and O–H groups in total. The largest absolute Gasteiger partial charge is 0.394 e. The summed E-state index contributed by atoms with van der Waals surface area (Å²) in [6.45, 7) is 2.63. The number of carbonyl (C=O) groups excluding carboxylic acids is 2. The highest BCUT2D eigenvalue weighted by molar-refractivity contribution is 5.96. The van der Waals surface area contributed by atoms with E-state index in [0.717, 1.165) is 24.1 Å². The van der Waals surface area contributed by atoms with Gasteiger partial charge in [0.25, 0.3) is 0 Å². The van der Waals surface area contributed by atoms with Gasteiger partial charge in [-0.25, -0.2) is 0 Å². The van der Waals surface area contributed by atoms with Crippen molar-refractivity contribution >= 4 is 17.5 Å². The third-order valence-electron chi connectivity index (χ3n) is 5.21. The minimum absolute atomic E-state index is 0.00263. The number of aliphatic hydroxyl groups is 1. The lowest BCUT2D eigenvalue weighted by atomic mass is 9.89. The molecule has 1 aromatic carbocycles. The zero-order chi connectivity index (χ0) is 16.4. The second-order valence-corrected chi connectivity index (χ2v) is 6.89. The normalized spacial score (nSPS) is 26.8. The highest BCUT2D eigenvalue weighted by Gasteiger charge is 2.39. The Kier molecular flexibility index (Phi) is 4.39. The van der Waals surface area contributed by atoms with E-state index in [2.05, 4.69) is 5.32 Å². The number of rotatable bonds is 4. The summed E-state index contributed by atoms with van der Waals surface area (Å²) in [7, 11) is 0. The fourth-order valence-electron chi connectivity index (χ4n) is 3.69. The molecule has 23 heavy (non-hydrogen) atoms. The number of carbonyl (C=O) groups is 2. The van der Waals surface area contributed by atoms with E-state index >= 15 is 0 Å². The molecule has 2 aliphatic heterocycles. The average Bonchev–Trinajstić information content (AvgIpc) is 2.95. The van der Waals surface area contributed by atoms with E-state index in [0.29, 0.717) is 25.8 Å². The van der Waals surface area contributed by atoms with Gasteiger partial charge in [0.05, 0.1) is 12.1 Å². The molecule has 0 bridgehead atoms. The first-order valence-electron chi connectivity index (χ1n) is 8.33. The molecule has 2 aliphatic rings. The predicted octanol–water partition coefficient (Wildman–Crippen LogP) is 1.95. The van der Waals surface area contributed by atoms with Gasteiger partial charge in [0, 0.05) is 24.6 Å². The lowest BCUT2D eigenvalue weighted by Gasteiger charge is -2.34. The molecule has 2 heterocycles. The van der Waals surface area contributed by atoms with Crippen molar-refractivity contribution in [2.24, 2.45) is 5.92 Å². The molecule has 2 atom stereocenters. The first kappa shape index (κ1) is 16.0. The van der Waals surface area contributed by atoms with Crippen LogP contribution in [0, 0.1) is 5.92 Å². The SMILES string of the molecule is CC1(CO)CCCN1C(=O)CCC1Cc2ccccc2NC1=O. The second-order valence-electron chi connectivity index (χ2n) is 6.89. The van der Waals surface area contributed by atoms with E-state index in [9.17, 15) is 14.7 Å². The van der Waals surface area contributed by atoms with E-state index in [1.165, 1.54) is 0 Å². The summed E-state index contributed by atoms with van der Waals surface area (Å²) in [5, 5.41) is 12.5. The van der Waals surface area contributed by atoms with Crippen molar-refractivity contribution < 1.29 is 14.7 Å². The number of hydrogen-bond acceptors (Lipinski definition) is 3. The Balaban J connectivity index is 1.60. The summed E-state index contributed by atoms with van der Waals surface area (Å²) in [6.07, 6.45) is 3.37. The van der Waals surface area contributed by atoms with Gasteiger partial charge in [-0.2, -0.15) is 0 Å². The molecule has 1 aromatic rings. The molecular formula is C18H24N2O3. The molecule has 0 spiro atoms. The van der Waals surface area contributed by atoms with Crippen LogP contribution in [-0.4, -0.2) is 40.5 Å². The zero-order valence-electron chi connectivity index (χ0n) is 13.5. The van der Waals surface area contributed by atoms with Gasteiger partial charge in [-0.1, -0.05) is 18.2 Å². The molecule has 2 unspecified atom stereocenters. The molecule has 124 valence electrons. The van der Waals surface area contributed by atoms with Crippen molar-refractivity contribution in [1.29, 1.82) is 0 Å². The Bertz CT molecular complexity index is 616. The Labute approximate surface area is 136 Å². The number of nitrogens with zero attached hydrogens (tertiary/aromatic N) is 1. The number of para-hydroxylation sites is 1. The van der Waals surface area contributed by atoms with Crippen LogP contribution in [0.4, 0.5) is 5.69 Å². The van der Waals surface area contributed by atoms with E-state index in [-0.39, 0.29) is 24.3 Å². The topological polar surface area (TPSA) is 69.6 Å². The van der Waals surface area contributed by atoms with E-state index in [4.69, 9.17) is 0 Å². The third-order valence-corrected chi connectivity index (χ3v) is 5.21. The zero-order valence-corrected chi connectivity index (χ0v) is 13.5. The summed E-state index contributed by atoms with van der Waals surface area (Å²) in [4.78, 5) is 26.5. The molecule has 0 saturated carbocycles. The number of hydrogen-bond donors (Lipinski definition) is 2. The average molecular weight is 316 g/mol. The summed E-state index contributed by atoms with van der Waals surface area (Å²) in [5.41, 5.74) is 1.58. The lowest BCUT2D eigenvalue weighted by Crippen LogP contribution is -2.47. The molecular weight excluding hydrogens is 292 g/mol. The number of likely N-dealkylation sites (tertiary alicyclic amines) is 1. The standard InChI is InChI=1S/C18H24N2O3/c1-18(12-21)9-4-10-20(18)16(22)8-7-14-11-13-5-2-3-6-15(13)19-17(14)23/h2-3,5-6,14,21H,4,7-12H2,1H3,(H,19,23). The molecule has 2 amide bonds. The minimum Gasteiger partial charge on any atom is -0.394 e. The van der Waals surface area contributed by atoms with E-state index in [1.807, 2.05) is 31.2 Å². The van der Waals surface area contributed by atoms with Crippen LogP contribution in [-0.2, 0) is 16.0 Å². The van der Waals surface area contributed by atoms with Gasteiger partial charge in [-0.3, -0.25) is 9.59 Å². The Hall–Kier alpha value is -1.88. The lowest BCUT2D eigenvalue weighted by molar-refractivity contribution is -0.136. The quantitative estimate of drug-likeness (QED) is 0.892. The Morgan fingerprint density at radius 3 is 3.00 bits per heavy atom. The van der Waals surface area contributed by atoms with Crippen molar-refractivity contribution in [2.75, 3.05) is 18.5 Å². The Morgan fingerprint density at radius 1 is 1.43 bits per heavy atom. The van der Waals surface area contributed by atoms with Gasteiger partial charge in [-0.05, 0) is 44.2 Å². The molecule has 5 heteroatoms. The summed E-state index contributed by atoms with van der Waals surface area (Å²) in [5.74, 6) is -0.106. The molecule has 3 rings (SSSR count). The van der Waals surface area contributed by atoms with Crippen LogP contribution in [0.3, 0.4) is 0 Å². The second kappa shape index (κ2) is 6.32. The molecule has 5 nitrogen and oxygen atoms in total. The van der Waals surface area contributed by atoms with Gasteiger partial charge < -0.3 is 15.3 Å². The minimum atomic E-state index is -0.432. The Morgan fingerprint density at radius 2 is 2.22 bits per heavy atom. The monoisotopic (exact) mass is 316 g/mol. The maximum absolute atomic E-state index is 12.5. The summed E-state index contributed by atoms with van der Waals surface area (Å²) < 4.78 is 0. The number of aliphatic hydroxyl groups excluding tert-OH is 1. The van der Waals surface area contributed by atoms with Crippen LogP contribution >= 0.6 is 0 Å². The van der Waals surface area contributed by atoms with Gasteiger partial charge in [0.2, 0.25) is 11.8 Å². The van der Waals surface area contributed by atoms with Crippen molar-refractivity contribution in [3.63, 3.8) is 0 Å². The van der Waals surface area contributed by atoms with Gasteiger partial charge in [0.15, 0.2) is 0 Å². The van der Waals surface area contributed by atoms with Crippen LogP contribution in [0.5, 0.6) is 0 Å². The van der Waals surface area contributed by atoms with Crippen molar-refractivity contribution in [1.82, 2.24) is 4.90 Å². The highest BCUT2D eigenvalue weighted by Crippen LogP contribution is 2.31. The number of nitrogens with one attached hydrogen (secondary N) is 1. The fourth-order valence-corrected chi connectivity index (χ4v) is 3.69. The molecule has 0 radical (unpaired) electrons. The van der Waals surface area contributed by atoms with Crippen molar-refractivity contribution in [3.05, 3.63) is 29.8 Å². The van der Waals surface area contributed by atoms with Crippen LogP contribution in [0.1, 0.15) is 38.2 Å². The highest BCUT2D eigenvalue weighted by atomic mass is 16.3. The number of amides is 2. The number of fused-ring (bicyclic) bond motifs is 1. The van der Waals surface area contributed by atoms with Crippen LogP contribution in [0.15, 0.2) is 24.3 Å². The van der Waals surface area contributed by atoms with Crippen LogP contribution in [0.2, 0.25) is 0 Å². The van der Waals surface area contributed by atoms with Gasteiger partial charge in [-0.15, -0.1) is 0 Å². The summed E-state index contributed by atoms with van der Waals surface area (Å²) in [6, 6.07) is 7.81. The molecule has 1 saturated heterocycles. The first-order chi connectivity index (χ1) is 11.0. The fraction of sp³-hybridized carbons (Fsp3) is 0.556. The predicted molar refractivity (Wildman–Crippen MR) is 87.9 cm³/mol. The number of benzene rings is 1. The smallest absolute Gasteiger partial charge is 0.227 e. The summed E-state index contributed by atoms with van der Waals surface area (Å²) >= 11 is 0. The van der Waals surface area contributed by atoms with Crippen molar-refractivity contribution in [3.8, 4) is 0 Å². The van der Waals surface area contributed by atoms with Gasteiger partial charge >= 0.3 is 0 Å². The molecule has 0 aliphatic carbocycles.